The van der Waals surface area contributed by atoms with Crippen molar-refractivity contribution < 1.29 is 56.8 Å². The minimum absolute atomic E-state index is 0.0797. The number of anilines is 2. The van der Waals surface area contributed by atoms with Gasteiger partial charge in [0, 0.05) is 61.0 Å². The first-order chi connectivity index (χ1) is 30.3. The standard InChI is InChI=1S/C44H50ClN5O7.C2HF3O2/c1-4-56-40-25-37(35(45)24-30(40)26-46-27-39(52)33-15-17-38(51)43-34(33)16-18-42(54)49-43)47-41(53)12-8-9-28-13-14-32(29-10-6-5-7-11-29)36(23-28)48-44(55)57-31-19-21-50(2,3)22-20-31;3-2(4,5)1(6)7/h5-7,10-11,13-18,23-25,31,39,46,52H,4,8-9,12,19-22,26-27H2,1-3H3,(H3-,47,48,49,51,53,54,55);(H,6,7)/t39-;/m0./s1. The van der Waals surface area contributed by atoms with E-state index in [-0.39, 0.29) is 41.8 Å². The Morgan fingerprint density at radius 2 is 1.67 bits per heavy atom. The van der Waals surface area contributed by atoms with Crippen LogP contribution in [0.2, 0.25) is 5.02 Å². The molecule has 6 rings (SSSR count). The van der Waals surface area contributed by atoms with Crippen LogP contribution >= 0.6 is 11.6 Å². The molecule has 0 spiro atoms. The number of benzene rings is 4. The number of hydrogen-bond acceptors (Lipinski definition) is 10. The Balaban J connectivity index is 0.00000102. The van der Waals surface area contributed by atoms with Crippen LogP contribution in [0, 0.1) is 0 Å². The van der Waals surface area contributed by atoms with Crippen molar-refractivity contribution >= 4 is 51.8 Å². The number of amides is 2. The van der Waals surface area contributed by atoms with Crippen molar-refractivity contribution in [3.05, 3.63) is 117 Å². The van der Waals surface area contributed by atoms with Crippen LogP contribution in [0.25, 0.3) is 22.0 Å². The molecule has 0 bridgehead atoms. The van der Waals surface area contributed by atoms with Crippen LogP contribution in [0.15, 0.2) is 89.7 Å². The van der Waals surface area contributed by atoms with Crippen molar-refractivity contribution in [2.45, 2.75) is 64.0 Å². The third kappa shape index (κ3) is 13.9. The molecule has 5 aromatic rings. The molecule has 64 heavy (non-hydrogen) atoms. The molecule has 1 atom stereocenters. The molecule has 1 saturated heterocycles. The molecule has 1 aromatic heterocycles. The quantitative estimate of drug-likeness (QED) is 0.0606. The summed E-state index contributed by atoms with van der Waals surface area (Å²) >= 11 is 6.66. The summed E-state index contributed by atoms with van der Waals surface area (Å²) < 4.78 is 44.2. The third-order valence-electron chi connectivity index (χ3n) is 10.5. The SMILES string of the molecule is CCOc1cc(NC(=O)CCCc2ccc(-c3ccccc3)c(NC(=O)OC3CC[N+](C)(C)CC3)c2)c(Cl)cc1CNC[C@H](O)c1ccc(O)c2[nH]c(=O)ccc12.O=C([O-])C(F)(F)F. The average molecular weight is 910 g/mol. The Hall–Kier alpha value is -6.14. The largest absolute Gasteiger partial charge is 0.542 e. The van der Waals surface area contributed by atoms with Gasteiger partial charge in [-0.15, -0.1) is 0 Å². The minimum Gasteiger partial charge on any atom is -0.542 e. The van der Waals surface area contributed by atoms with Gasteiger partial charge in [0.1, 0.15) is 23.6 Å². The fourth-order valence-corrected chi connectivity index (χ4v) is 7.39. The molecule has 0 saturated carbocycles. The molecule has 18 heteroatoms. The molecule has 2 heterocycles. The van der Waals surface area contributed by atoms with Crippen LogP contribution in [0.5, 0.6) is 11.5 Å². The maximum atomic E-state index is 13.1. The molecule has 1 aliphatic heterocycles. The molecular weight excluding hydrogens is 859 g/mol. The van der Waals surface area contributed by atoms with Crippen molar-refractivity contribution in [2.75, 3.05) is 51.0 Å². The molecule has 1 fully saturated rings. The number of fused-ring (bicyclic) bond motifs is 1. The lowest BCUT2D eigenvalue weighted by molar-refractivity contribution is -0.896. The number of aromatic amines is 1. The number of aliphatic hydroxyl groups excluding tert-OH is 1. The number of carboxylic acid groups (broad SMARTS) is 1. The van der Waals surface area contributed by atoms with Gasteiger partial charge in [0.25, 0.3) is 0 Å². The number of phenolic OH excluding ortho intramolecular Hbond substituents is 1. The van der Waals surface area contributed by atoms with Gasteiger partial charge >= 0.3 is 12.3 Å². The molecular formula is C46H51ClF3N5O9. The van der Waals surface area contributed by atoms with E-state index in [2.05, 4.69) is 35.0 Å². The van der Waals surface area contributed by atoms with Crippen molar-refractivity contribution in [3.63, 3.8) is 0 Å². The number of phenols is 1. The van der Waals surface area contributed by atoms with Crippen molar-refractivity contribution in [1.29, 1.82) is 0 Å². The number of aryl methyl sites for hydroxylation is 1. The van der Waals surface area contributed by atoms with Crippen molar-refractivity contribution in [2.24, 2.45) is 0 Å². The van der Waals surface area contributed by atoms with Crippen LogP contribution < -0.4 is 31.4 Å². The van der Waals surface area contributed by atoms with Gasteiger partial charge in [-0.1, -0.05) is 60.1 Å². The number of quaternary nitrogens is 1. The zero-order valence-electron chi connectivity index (χ0n) is 35.5. The average Bonchev–Trinajstić information content (AvgIpc) is 3.23. The first kappa shape index (κ1) is 48.9. The molecule has 342 valence electrons. The topological polar surface area (TPSA) is 202 Å². The highest BCUT2D eigenvalue weighted by atomic mass is 35.5. The molecule has 14 nitrogen and oxygen atoms in total. The number of rotatable bonds is 15. The predicted molar refractivity (Wildman–Crippen MR) is 235 cm³/mol. The van der Waals surface area contributed by atoms with E-state index >= 15 is 0 Å². The smallest absolute Gasteiger partial charge is 0.430 e. The number of nitrogens with zero attached hydrogens (tertiary/aromatic N) is 1. The summed E-state index contributed by atoms with van der Waals surface area (Å²) in [7, 11) is 4.38. The number of carboxylic acids is 1. The van der Waals surface area contributed by atoms with Gasteiger partial charge in [-0.05, 0) is 60.7 Å². The number of hydrogen-bond donors (Lipinski definition) is 6. The molecule has 2 amide bonds. The Morgan fingerprint density at radius 1 is 0.969 bits per heavy atom. The van der Waals surface area contributed by atoms with Gasteiger partial charge < -0.3 is 49.7 Å². The molecule has 1 aliphatic rings. The van der Waals surface area contributed by atoms with Crippen LogP contribution in [0.3, 0.4) is 0 Å². The maximum absolute atomic E-state index is 13.1. The van der Waals surface area contributed by atoms with Gasteiger partial charge in [-0.25, -0.2) is 4.79 Å². The van der Waals surface area contributed by atoms with Gasteiger partial charge in [-0.3, -0.25) is 14.9 Å². The fourth-order valence-electron chi connectivity index (χ4n) is 7.16. The number of aromatic nitrogens is 1. The van der Waals surface area contributed by atoms with E-state index in [0.29, 0.717) is 59.1 Å². The van der Waals surface area contributed by atoms with E-state index in [1.165, 1.54) is 12.1 Å². The Morgan fingerprint density at radius 3 is 2.34 bits per heavy atom. The van der Waals surface area contributed by atoms with E-state index in [4.69, 9.17) is 31.0 Å². The zero-order valence-corrected chi connectivity index (χ0v) is 36.3. The number of aliphatic carboxylic acids is 1. The molecule has 0 unspecified atom stereocenters. The Bertz CT molecular complexity index is 2470. The lowest BCUT2D eigenvalue weighted by Crippen LogP contribution is -2.48. The monoisotopic (exact) mass is 909 g/mol. The highest BCUT2D eigenvalue weighted by molar-refractivity contribution is 6.33. The van der Waals surface area contributed by atoms with Gasteiger partial charge in [0.15, 0.2) is 0 Å². The summed E-state index contributed by atoms with van der Waals surface area (Å²) in [4.78, 5) is 49.4. The van der Waals surface area contributed by atoms with Crippen LogP contribution in [0.1, 0.15) is 55.4 Å². The number of ether oxygens (including phenoxy) is 2. The summed E-state index contributed by atoms with van der Waals surface area (Å²) in [5.74, 6) is -2.75. The molecule has 4 aromatic carbocycles. The maximum Gasteiger partial charge on any atom is 0.430 e. The number of carbonyl (C=O) groups is 3. The third-order valence-corrected chi connectivity index (χ3v) is 10.8. The van der Waals surface area contributed by atoms with E-state index in [1.807, 2.05) is 55.5 Å². The van der Waals surface area contributed by atoms with Crippen molar-refractivity contribution in [1.82, 2.24) is 10.3 Å². The second-order valence-corrected chi connectivity index (χ2v) is 16.3. The number of aromatic hydroxyl groups is 1. The number of pyridine rings is 1. The summed E-state index contributed by atoms with van der Waals surface area (Å²) in [6, 6.07) is 25.2. The molecule has 0 aliphatic carbocycles. The second-order valence-electron chi connectivity index (χ2n) is 15.9. The fraction of sp³-hybridized carbons (Fsp3) is 0.348. The summed E-state index contributed by atoms with van der Waals surface area (Å²) in [6.07, 6.45) is -3.66. The summed E-state index contributed by atoms with van der Waals surface area (Å²) in [5.41, 5.74) is 5.11. The first-order valence-electron chi connectivity index (χ1n) is 20.6. The van der Waals surface area contributed by atoms with Crippen LogP contribution in [-0.2, 0) is 27.3 Å². The van der Waals surface area contributed by atoms with E-state index in [0.717, 1.165) is 52.7 Å². The second kappa shape index (κ2) is 22.0. The van der Waals surface area contributed by atoms with E-state index in [9.17, 15) is 37.8 Å². The minimum atomic E-state index is -5.19. The summed E-state index contributed by atoms with van der Waals surface area (Å²) in [6.45, 7) is 4.64. The number of carbonyl (C=O) groups excluding carboxylic acids is 3. The zero-order chi connectivity index (χ0) is 46.6. The molecule has 0 radical (unpaired) electrons. The number of likely N-dealkylation sites (tertiary alicyclic amines) is 1. The molecule has 6 N–H and O–H groups in total. The number of H-pyrrole nitrogens is 1. The first-order valence-corrected chi connectivity index (χ1v) is 21.0. The van der Waals surface area contributed by atoms with Gasteiger partial charge in [-0.2, -0.15) is 13.2 Å². The summed E-state index contributed by atoms with van der Waals surface area (Å²) in [5, 5.41) is 40.0. The van der Waals surface area contributed by atoms with Crippen molar-refractivity contribution in [3.8, 4) is 22.6 Å². The predicted octanol–water partition coefficient (Wildman–Crippen LogP) is 6.82. The van der Waals surface area contributed by atoms with E-state index < -0.39 is 24.3 Å². The highest BCUT2D eigenvalue weighted by Crippen LogP contribution is 2.34. The number of nitrogens with one attached hydrogen (secondary N) is 4. The lowest BCUT2D eigenvalue weighted by atomic mass is 9.99. The normalized spacial score (nSPS) is 14.2. The Labute approximate surface area is 372 Å². The van der Waals surface area contributed by atoms with Crippen LogP contribution in [-0.4, -0.2) is 90.3 Å². The van der Waals surface area contributed by atoms with Gasteiger partial charge in [0.2, 0.25) is 11.5 Å². The Kier molecular flexibility index (Phi) is 16.8. The highest BCUT2D eigenvalue weighted by Gasteiger charge is 2.30. The number of alkyl halides is 3. The number of halogens is 4. The number of aliphatic hydroxyl groups is 1. The van der Waals surface area contributed by atoms with Gasteiger partial charge in [0.05, 0.1) is 61.8 Å². The lowest BCUT2D eigenvalue weighted by Gasteiger charge is -2.36. The number of piperidine rings is 1. The van der Waals surface area contributed by atoms with E-state index in [1.54, 1.807) is 24.3 Å². The van der Waals surface area contributed by atoms with Crippen LogP contribution in [0.4, 0.5) is 29.3 Å².